The lowest BCUT2D eigenvalue weighted by Crippen LogP contribution is -2.11. The molecule has 0 radical (unpaired) electrons. The summed E-state index contributed by atoms with van der Waals surface area (Å²) in [5.41, 5.74) is 0.606. The van der Waals surface area contributed by atoms with E-state index in [2.05, 4.69) is 21.2 Å². The van der Waals surface area contributed by atoms with Crippen molar-refractivity contribution in [1.29, 1.82) is 5.26 Å². The molecule has 13 heavy (non-hydrogen) atoms. The van der Waals surface area contributed by atoms with Crippen LogP contribution < -0.4 is 5.32 Å². The normalized spacial score (nSPS) is 11.8. The maximum atomic E-state index is 13.0. The number of nitrogens with zero attached hydrogens (tertiary/aromatic N) is 1. The minimum atomic E-state index is -0.338. The first-order valence-corrected chi connectivity index (χ1v) is 4.54. The number of nitrogens with one attached hydrogen (secondary N) is 1. The van der Waals surface area contributed by atoms with Gasteiger partial charge >= 0.3 is 0 Å². The zero-order valence-corrected chi connectivity index (χ0v) is 8.60. The van der Waals surface area contributed by atoms with Crippen molar-refractivity contribution in [2.45, 2.75) is 13.0 Å². The van der Waals surface area contributed by atoms with Crippen molar-refractivity contribution in [3.63, 3.8) is 0 Å². The Morgan fingerprint density at radius 3 is 2.85 bits per heavy atom. The van der Waals surface area contributed by atoms with Crippen LogP contribution in [0, 0.1) is 17.1 Å². The molecular weight excluding hydrogens is 235 g/mol. The molecule has 1 unspecified atom stereocenters. The predicted octanol–water partition coefficient (Wildman–Crippen LogP) is 2.91. The van der Waals surface area contributed by atoms with Crippen molar-refractivity contribution in [3.8, 4) is 6.07 Å². The zero-order valence-electron chi connectivity index (χ0n) is 7.01. The Bertz CT molecular complexity index is 346. The third-order valence-corrected chi connectivity index (χ3v) is 2.14. The summed E-state index contributed by atoms with van der Waals surface area (Å²) < 4.78 is 13.4. The van der Waals surface area contributed by atoms with Crippen molar-refractivity contribution < 1.29 is 4.39 Å². The van der Waals surface area contributed by atoms with Crippen LogP contribution in [0.2, 0.25) is 0 Å². The van der Waals surface area contributed by atoms with Crippen molar-refractivity contribution in [2.24, 2.45) is 0 Å². The molecule has 4 heteroatoms. The average Bonchev–Trinajstić information content (AvgIpc) is 2.11. The SMILES string of the molecule is CC(C#N)Nc1ccc(Br)c(F)c1. The number of rotatable bonds is 2. The maximum absolute atomic E-state index is 13.0. The molecule has 0 bridgehead atoms. The molecule has 2 nitrogen and oxygen atoms in total. The third kappa shape index (κ3) is 2.71. The second-order valence-electron chi connectivity index (χ2n) is 2.62. The van der Waals surface area contributed by atoms with E-state index in [0.717, 1.165) is 0 Å². The summed E-state index contributed by atoms with van der Waals surface area (Å²) in [7, 11) is 0. The average molecular weight is 243 g/mol. The van der Waals surface area contributed by atoms with Crippen LogP contribution in [0.25, 0.3) is 0 Å². The highest BCUT2D eigenvalue weighted by atomic mass is 79.9. The van der Waals surface area contributed by atoms with Gasteiger partial charge in [-0.15, -0.1) is 0 Å². The Kier molecular flexibility index (Phi) is 3.26. The van der Waals surface area contributed by atoms with Gasteiger partial charge in [0.2, 0.25) is 0 Å². The van der Waals surface area contributed by atoms with E-state index < -0.39 is 0 Å². The Labute approximate surface area is 84.5 Å². The van der Waals surface area contributed by atoms with Crippen molar-refractivity contribution in [3.05, 3.63) is 28.5 Å². The summed E-state index contributed by atoms with van der Waals surface area (Å²) in [5, 5.41) is 11.3. The van der Waals surface area contributed by atoms with E-state index in [4.69, 9.17) is 5.26 Å². The molecule has 68 valence electrons. The van der Waals surface area contributed by atoms with Gasteiger partial charge in [-0.25, -0.2) is 4.39 Å². The van der Waals surface area contributed by atoms with E-state index in [1.54, 1.807) is 19.1 Å². The molecule has 1 rings (SSSR count). The lowest BCUT2D eigenvalue weighted by molar-refractivity contribution is 0.621. The first-order chi connectivity index (χ1) is 6.13. The Morgan fingerprint density at radius 1 is 1.62 bits per heavy atom. The third-order valence-electron chi connectivity index (χ3n) is 1.50. The van der Waals surface area contributed by atoms with Crippen LogP contribution in [0.5, 0.6) is 0 Å². The molecule has 1 N–H and O–H groups in total. The van der Waals surface area contributed by atoms with E-state index in [0.29, 0.717) is 10.2 Å². The van der Waals surface area contributed by atoms with Gasteiger partial charge in [-0.3, -0.25) is 0 Å². The van der Waals surface area contributed by atoms with E-state index >= 15 is 0 Å². The molecule has 0 aliphatic rings. The molecule has 1 aromatic carbocycles. The van der Waals surface area contributed by atoms with Crippen LogP contribution in [0.15, 0.2) is 22.7 Å². The summed E-state index contributed by atoms with van der Waals surface area (Å²) >= 11 is 3.04. The van der Waals surface area contributed by atoms with Crippen LogP contribution in [-0.4, -0.2) is 6.04 Å². The fourth-order valence-corrected chi connectivity index (χ4v) is 1.11. The molecule has 1 atom stereocenters. The largest absolute Gasteiger partial charge is 0.370 e. The molecule has 0 heterocycles. The van der Waals surface area contributed by atoms with Crippen molar-refractivity contribution >= 4 is 21.6 Å². The summed E-state index contributed by atoms with van der Waals surface area (Å²) in [6.07, 6.45) is 0. The van der Waals surface area contributed by atoms with Gasteiger partial charge in [0.25, 0.3) is 0 Å². The Morgan fingerprint density at radius 2 is 2.31 bits per heavy atom. The summed E-state index contributed by atoms with van der Waals surface area (Å²) in [6, 6.07) is 6.34. The molecular formula is C9H8BrFN2. The second-order valence-corrected chi connectivity index (χ2v) is 3.48. The Hall–Kier alpha value is -1.08. The number of hydrogen-bond donors (Lipinski definition) is 1. The molecule has 0 saturated heterocycles. The minimum absolute atomic E-state index is 0.319. The van der Waals surface area contributed by atoms with Crippen LogP contribution in [-0.2, 0) is 0 Å². The lowest BCUT2D eigenvalue weighted by atomic mass is 10.3. The van der Waals surface area contributed by atoms with E-state index in [9.17, 15) is 4.39 Å². The summed E-state index contributed by atoms with van der Waals surface area (Å²) in [4.78, 5) is 0. The zero-order chi connectivity index (χ0) is 9.84. The van der Waals surface area contributed by atoms with Gasteiger partial charge in [-0.1, -0.05) is 0 Å². The fourth-order valence-electron chi connectivity index (χ4n) is 0.868. The molecule has 0 aromatic heterocycles. The first kappa shape index (κ1) is 10.0. The first-order valence-electron chi connectivity index (χ1n) is 3.74. The van der Waals surface area contributed by atoms with Crippen molar-refractivity contribution in [2.75, 3.05) is 5.32 Å². The highest BCUT2D eigenvalue weighted by molar-refractivity contribution is 9.10. The quantitative estimate of drug-likeness (QED) is 0.866. The number of halogens is 2. The van der Waals surface area contributed by atoms with Crippen LogP contribution in [0.1, 0.15) is 6.92 Å². The van der Waals surface area contributed by atoms with Gasteiger partial charge in [-0.05, 0) is 41.1 Å². The topological polar surface area (TPSA) is 35.8 Å². The molecule has 0 saturated carbocycles. The number of anilines is 1. The predicted molar refractivity (Wildman–Crippen MR) is 52.8 cm³/mol. The van der Waals surface area contributed by atoms with Gasteiger partial charge in [-0.2, -0.15) is 5.26 Å². The minimum Gasteiger partial charge on any atom is -0.370 e. The van der Waals surface area contributed by atoms with Crippen LogP contribution >= 0.6 is 15.9 Å². The molecule has 0 aliphatic carbocycles. The van der Waals surface area contributed by atoms with Gasteiger partial charge in [0.05, 0.1) is 10.5 Å². The Balaban J connectivity index is 2.81. The number of nitriles is 1. The fraction of sp³-hybridized carbons (Fsp3) is 0.222. The smallest absolute Gasteiger partial charge is 0.139 e. The van der Waals surface area contributed by atoms with E-state index in [1.165, 1.54) is 6.07 Å². The summed E-state index contributed by atoms with van der Waals surface area (Å²) in [6.45, 7) is 1.71. The second kappa shape index (κ2) is 4.24. The maximum Gasteiger partial charge on any atom is 0.139 e. The highest BCUT2D eigenvalue weighted by Crippen LogP contribution is 2.19. The molecule has 1 aromatic rings. The van der Waals surface area contributed by atoms with Gasteiger partial charge in [0.1, 0.15) is 11.9 Å². The highest BCUT2D eigenvalue weighted by Gasteiger charge is 2.02. The summed E-state index contributed by atoms with van der Waals surface area (Å²) in [5.74, 6) is -0.338. The van der Waals surface area contributed by atoms with E-state index in [1.807, 2.05) is 6.07 Å². The van der Waals surface area contributed by atoms with Crippen LogP contribution in [0.4, 0.5) is 10.1 Å². The van der Waals surface area contributed by atoms with Gasteiger partial charge in [0, 0.05) is 5.69 Å². The van der Waals surface area contributed by atoms with Gasteiger partial charge in [0.15, 0.2) is 0 Å². The molecule has 0 spiro atoms. The monoisotopic (exact) mass is 242 g/mol. The standard InChI is InChI=1S/C9H8BrFN2/c1-6(5-12)13-7-2-3-8(10)9(11)4-7/h2-4,6,13H,1H3. The van der Waals surface area contributed by atoms with Crippen LogP contribution in [0.3, 0.4) is 0 Å². The molecule has 0 fully saturated rings. The molecule has 0 amide bonds. The lowest BCUT2D eigenvalue weighted by Gasteiger charge is -2.07. The number of benzene rings is 1. The van der Waals surface area contributed by atoms with Gasteiger partial charge < -0.3 is 5.32 Å². The van der Waals surface area contributed by atoms with Crippen molar-refractivity contribution in [1.82, 2.24) is 0 Å². The number of hydrogen-bond acceptors (Lipinski definition) is 2. The van der Waals surface area contributed by atoms with E-state index in [-0.39, 0.29) is 11.9 Å². The molecule has 0 aliphatic heterocycles.